The van der Waals surface area contributed by atoms with E-state index < -0.39 is 11.6 Å². The molecule has 1 atom stereocenters. The summed E-state index contributed by atoms with van der Waals surface area (Å²) in [5.41, 5.74) is -0.326. The number of aliphatic carboxylic acids is 1. The molecule has 1 fully saturated rings. The van der Waals surface area contributed by atoms with Gasteiger partial charge in [0.1, 0.15) is 6.61 Å². The molecule has 5 nitrogen and oxygen atoms in total. The molecule has 0 aromatic heterocycles. The van der Waals surface area contributed by atoms with Gasteiger partial charge in [0.15, 0.2) is 0 Å². The van der Waals surface area contributed by atoms with E-state index in [0.29, 0.717) is 10.7 Å². The molecule has 1 aliphatic heterocycles. The highest BCUT2D eigenvalue weighted by atomic mass is 35.5. The fraction of sp³-hybridized carbons (Fsp3) is 0.385. The molecule has 1 saturated heterocycles. The van der Waals surface area contributed by atoms with E-state index in [1.54, 1.807) is 31.2 Å². The molecule has 1 heterocycles. The first kappa shape index (κ1) is 13.8. The number of morpholine rings is 1. The van der Waals surface area contributed by atoms with Crippen molar-refractivity contribution in [3.8, 4) is 0 Å². The van der Waals surface area contributed by atoms with Crippen molar-refractivity contribution in [3.05, 3.63) is 29.3 Å². The number of rotatable bonds is 3. The van der Waals surface area contributed by atoms with E-state index in [0.717, 1.165) is 0 Å². The van der Waals surface area contributed by atoms with Gasteiger partial charge in [-0.2, -0.15) is 0 Å². The number of amides is 1. The van der Waals surface area contributed by atoms with E-state index >= 15 is 0 Å². The average Bonchev–Trinajstić information content (AvgIpc) is 2.32. The zero-order chi connectivity index (χ0) is 14.0. The average molecular weight is 284 g/mol. The fourth-order valence-electron chi connectivity index (χ4n) is 2.10. The van der Waals surface area contributed by atoms with Gasteiger partial charge in [-0.25, -0.2) is 0 Å². The van der Waals surface area contributed by atoms with Gasteiger partial charge in [-0.05, 0) is 19.1 Å². The van der Waals surface area contributed by atoms with Gasteiger partial charge < -0.3 is 14.7 Å². The molecule has 6 heteroatoms. The topological polar surface area (TPSA) is 66.8 Å². The standard InChI is InChI=1S/C13H14ClNO4/c1-13(6-12(17)18)8-15(11(16)7-19-13)10-5-3-2-4-9(10)14/h2-5H,6-8H2,1H3,(H,17,18). The lowest BCUT2D eigenvalue weighted by atomic mass is 9.99. The van der Waals surface area contributed by atoms with Crippen LogP contribution in [0.5, 0.6) is 0 Å². The van der Waals surface area contributed by atoms with Crippen LogP contribution in [0.3, 0.4) is 0 Å². The number of carboxylic acid groups (broad SMARTS) is 1. The van der Waals surface area contributed by atoms with Crippen LogP contribution in [0.15, 0.2) is 24.3 Å². The number of hydrogen-bond donors (Lipinski definition) is 1. The molecular weight excluding hydrogens is 270 g/mol. The zero-order valence-corrected chi connectivity index (χ0v) is 11.2. The Labute approximate surface area is 115 Å². The van der Waals surface area contributed by atoms with Crippen LogP contribution in [0.25, 0.3) is 0 Å². The summed E-state index contributed by atoms with van der Waals surface area (Å²) in [6, 6.07) is 6.96. The number of halogens is 1. The van der Waals surface area contributed by atoms with Gasteiger partial charge in [0.25, 0.3) is 5.91 Å². The maximum Gasteiger partial charge on any atom is 0.306 e. The first-order chi connectivity index (χ1) is 8.91. The second-order valence-corrected chi connectivity index (χ2v) is 5.15. The molecule has 1 aliphatic rings. The largest absolute Gasteiger partial charge is 0.481 e. The maximum atomic E-state index is 11.9. The molecule has 1 aromatic carbocycles. The third-order valence-electron chi connectivity index (χ3n) is 3.01. The molecule has 1 aromatic rings. The molecule has 0 bridgehead atoms. The molecule has 0 spiro atoms. The molecule has 1 amide bonds. The van der Waals surface area contributed by atoms with E-state index in [1.807, 2.05) is 0 Å². The second-order valence-electron chi connectivity index (χ2n) is 4.74. The molecule has 1 N–H and O–H groups in total. The normalized spacial score (nSPS) is 23.5. The number of nitrogens with zero attached hydrogens (tertiary/aromatic N) is 1. The lowest BCUT2D eigenvalue weighted by Crippen LogP contribution is -2.54. The van der Waals surface area contributed by atoms with E-state index in [2.05, 4.69) is 0 Å². The van der Waals surface area contributed by atoms with Gasteiger partial charge in [-0.3, -0.25) is 9.59 Å². The first-order valence-electron chi connectivity index (χ1n) is 5.82. The van der Waals surface area contributed by atoms with Crippen molar-refractivity contribution < 1.29 is 19.4 Å². The fourth-order valence-corrected chi connectivity index (χ4v) is 2.34. The minimum absolute atomic E-state index is 0.144. The lowest BCUT2D eigenvalue weighted by molar-refractivity contribution is -0.151. The predicted molar refractivity (Wildman–Crippen MR) is 70.4 cm³/mol. The number of carboxylic acids is 1. The molecule has 2 rings (SSSR count). The molecule has 19 heavy (non-hydrogen) atoms. The van der Waals surface area contributed by atoms with Gasteiger partial charge in [0.05, 0.1) is 29.3 Å². The van der Waals surface area contributed by atoms with Gasteiger partial charge in [0, 0.05) is 0 Å². The molecule has 0 radical (unpaired) electrons. The van der Waals surface area contributed by atoms with Crippen molar-refractivity contribution in [1.82, 2.24) is 0 Å². The number of para-hydroxylation sites is 1. The van der Waals surface area contributed by atoms with Crippen LogP contribution < -0.4 is 4.90 Å². The maximum absolute atomic E-state index is 11.9. The van der Waals surface area contributed by atoms with Crippen molar-refractivity contribution in [2.24, 2.45) is 0 Å². The number of hydrogen-bond acceptors (Lipinski definition) is 3. The minimum Gasteiger partial charge on any atom is -0.481 e. The molecule has 0 aliphatic carbocycles. The number of benzene rings is 1. The Hall–Kier alpha value is -1.59. The number of carbonyl (C=O) groups excluding carboxylic acids is 1. The molecule has 102 valence electrons. The van der Waals surface area contributed by atoms with Crippen LogP contribution in [0.1, 0.15) is 13.3 Å². The second kappa shape index (κ2) is 5.19. The highest BCUT2D eigenvalue weighted by molar-refractivity contribution is 6.33. The van der Waals surface area contributed by atoms with Crippen LogP contribution in [0, 0.1) is 0 Å². The third kappa shape index (κ3) is 3.05. The van der Waals surface area contributed by atoms with Gasteiger partial charge in [-0.15, -0.1) is 0 Å². The summed E-state index contributed by atoms with van der Waals surface area (Å²) in [6.45, 7) is 1.70. The van der Waals surface area contributed by atoms with Crippen LogP contribution in [-0.4, -0.2) is 35.7 Å². The Morgan fingerprint density at radius 3 is 2.84 bits per heavy atom. The van der Waals surface area contributed by atoms with Crippen LogP contribution >= 0.6 is 11.6 Å². The molecular formula is C13H14ClNO4. The van der Waals surface area contributed by atoms with Gasteiger partial charge >= 0.3 is 5.97 Å². The van der Waals surface area contributed by atoms with Crippen molar-refractivity contribution in [2.75, 3.05) is 18.1 Å². The third-order valence-corrected chi connectivity index (χ3v) is 3.33. The minimum atomic E-state index is -0.962. The van der Waals surface area contributed by atoms with E-state index in [1.165, 1.54) is 4.90 Å². The van der Waals surface area contributed by atoms with Crippen molar-refractivity contribution in [3.63, 3.8) is 0 Å². The van der Waals surface area contributed by atoms with Crippen LogP contribution in [0.4, 0.5) is 5.69 Å². The summed E-state index contributed by atoms with van der Waals surface area (Å²) in [6.07, 6.45) is -0.165. The van der Waals surface area contributed by atoms with E-state index in [-0.39, 0.29) is 25.5 Å². The summed E-state index contributed by atoms with van der Waals surface area (Å²) in [5, 5.41) is 9.35. The first-order valence-corrected chi connectivity index (χ1v) is 6.20. The molecule has 0 saturated carbocycles. The van der Waals surface area contributed by atoms with Crippen molar-refractivity contribution in [1.29, 1.82) is 0 Å². The summed E-state index contributed by atoms with van der Waals surface area (Å²) in [4.78, 5) is 24.3. The summed E-state index contributed by atoms with van der Waals surface area (Å²) < 4.78 is 5.37. The van der Waals surface area contributed by atoms with Crippen LogP contribution in [0.2, 0.25) is 5.02 Å². The monoisotopic (exact) mass is 283 g/mol. The Morgan fingerprint density at radius 1 is 1.53 bits per heavy atom. The smallest absolute Gasteiger partial charge is 0.306 e. The van der Waals surface area contributed by atoms with Crippen molar-refractivity contribution in [2.45, 2.75) is 18.9 Å². The Morgan fingerprint density at radius 2 is 2.21 bits per heavy atom. The number of carbonyl (C=O) groups is 2. The zero-order valence-electron chi connectivity index (χ0n) is 10.4. The lowest BCUT2D eigenvalue weighted by Gasteiger charge is -2.39. The van der Waals surface area contributed by atoms with Gasteiger partial charge in [-0.1, -0.05) is 23.7 Å². The summed E-state index contributed by atoms with van der Waals surface area (Å²) in [7, 11) is 0. The predicted octanol–water partition coefficient (Wildman–Crippen LogP) is 1.94. The van der Waals surface area contributed by atoms with Gasteiger partial charge in [0.2, 0.25) is 0 Å². The number of ether oxygens (including phenoxy) is 1. The summed E-state index contributed by atoms with van der Waals surface area (Å²) >= 11 is 6.07. The molecule has 1 unspecified atom stereocenters. The summed E-state index contributed by atoms with van der Waals surface area (Å²) in [5.74, 6) is -1.19. The highest BCUT2D eigenvalue weighted by Crippen LogP contribution is 2.31. The Bertz CT molecular complexity index is 519. The highest BCUT2D eigenvalue weighted by Gasteiger charge is 2.38. The van der Waals surface area contributed by atoms with E-state index in [9.17, 15) is 9.59 Å². The van der Waals surface area contributed by atoms with E-state index in [4.69, 9.17) is 21.4 Å². The van der Waals surface area contributed by atoms with Crippen LogP contribution in [-0.2, 0) is 14.3 Å². The quantitative estimate of drug-likeness (QED) is 0.920. The Balaban J connectivity index is 2.27. The van der Waals surface area contributed by atoms with Crippen molar-refractivity contribution >= 4 is 29.2 Å². The SMILES string of the molecule is CC1(CC(=O)O)CN(c2ccccc2Cl)C(=O)CO1. The Kier molecular flexibility index (Phi) is 3.78. The number of anilines is 1.